The van der Waals surface area contributed by atoms with E-state index in [9.17, 15) is 14.0 Å². The highest BCUT2D eigenvalue weighted by Gasteiger charge is 2.24. The van der Waals surface area contributed by atoms with E-state index in [1.165, 1.54) is 12.1 Å². The van der Waals surface area contributed by atoms with Gasteiger partial charge in [-0.3, -0.25) is 9.59 Å². The van der Waals surface area contributed by atoms with Gasteiger partial charge in [-0.2, -0.15) is 0 Å². The molecule has 1 atom stereocenters. The molecule has 31 heavy (non-hydrogen) atoms. The monoisotopic (exact) mass is 424 g/mol. The summed E-state index contributed by atoms with van der Waals surface area (Å²) in [4.78, 5) is 25.0. The van der Waals surface area contributed by atoms with Crippen LogP contribution in [-0.4, -0.2) is 17.9 Å². The molecule has 1 fully saturated rings. The number of benzene rings is 2. The topological polar surface area (TPSA) is 80.6 Å². The highest BCUT2D eigenvalue weighted by atomic mass is 19.1. The molecule has 162 valence electrons. The van der Waals surface area contributed by atoms with E-state index in [2.05, 4.69) is 10.6 Å². The van der Waals surface area contributed by atoms with Crippen molar-refractivity contribution >= 4 is 28.5 Å². The summed E-state index contributed by atoms with van der Waals surface area (Å²) in [6.45, 7) is 3.50. The molecule has 0 aliphatic heterocycles. The van der Waals surface area contributed by atoms with Crippen LogP contribution in [0.15, 0.2) is 46.9 Å². The predicted molar refractivity (Wildman–Crippen MR) is 115 cm³/mol. The molecule has 1 aliphatic carbocycles. The van der Waals surface area contributed by atoms with E-state index in [0.29, 0.717) is 28.2 Å². The Morgan fingerprint density at radius 1 is 1.13 bits per heavy atom. The van der Waals surface area contributed by atoms with E-state index in [0.717, 1.165) is 31.2 Å². The maximum Gasteiger partial charge on any atom is 0.313 e. The number of furan rings is 1. The molecule has 1 aromatic heterocycles. The summed E-state index contributed by atoms with van der Waals surface area (Å²) >= 11 is 0. The molecule has 2 N–H and O–H groups in total. The molecule has 2 amide bonds. The zero-order chi connectivity index (χ0) is 22.0. The lowest BCUT2D eigenvalue weighted by atomic mass is 10.1. The number of para-hydroxylation sites is 2. The molecule has 0 bridgehead atoms. The molecular formula is C24H25FN2O4. The Kier molecular flexibility index (Phi) is 5.93. The lowest BCUT2D eigenvalue weighted by Gasteiger charge is -2.17. The number of rotatable bonds is 5. The van der Waals surface area contributed by atoms with E-state index in [1.54, 1.807) is 38.1 Å². The average molecular weight is 424 g/mol. The molecule has 2 aromatic carbocycles. The molecule has 6 nitrogen and oxygen atoms in total. The lowest BCUT2D eigenvalue weighted by molar-refractivity contribution is -0.136. The zero-order valence-corrected chi connectivity index (χ0v) is 17.5. The van der Waals surface area contributed by atoms with Crippen LogP contribution in [-0.2, 0) is 9.59 Å². The number of fused-ring (bicyclic) bond motifs is 1. The fourth-order valence-corrected chi connectivity index (χ4v) is 3.99. The van der Waals surface area contributed by atoms with Gasteiger partial charge in [0.15, 0.2) is 0 Å². The van der Waals surface area contributed by atoms with Gasteiger partial charge in [-0.05, 0) is 69.9 Å². The number of hydrogen-bond acceptors (Lipinski definition) is 4. The predicted octanol–water partition coefficient (Wildman–Crippen LogP) is 5.02. The molecule has 0 radical (unpaired) electrons. The molecule has 4 rings (SSSR count). The first-order chi connectivity index (χ1) is 14.9. The second kappa shape index (κ2) is 8.79. The van der Waals surface area contributed by atoms with Crippen molar-refractivity contribution in [1.82, 2.24) is 5.32 Å². The average Bonchev–Trinajstić information content (AvgIpc) is 3.37. The van der Waals surface area contributed by atoms with Crippen LogP contribution in [0, 0.1) is 12.7 Å². The maximum absolute atomic E-state index is 13.5. The summed E-state index contributed by atoms with van der Waals surface area (Å²) in [5.41, 5.74) is 1.70. The minimum atomic E-state index is -0.797. The smallest absolute Gasteiger partial charge is 0.313 e. The van der Waals surface area contributed by atoms with Gasteiger partial charge < -0.3 is 19.8 Å². The third-order valence-electron chi connectivity index (χ3n) is 5.61. The molecule has 7 heteroatoms. The second-order valence-corrected chi connectivity index (χ2v) is 7.90. The molecule has 1 heterocycles. The number of carbonyl (C=O) groups is 2. The van der Waals surface area contributed by atoms with Crippen molar-refractivity contribution in [2.24, 2.45) is 0 Å². The van der Waals surface area contributed by atoms with Gasteiger partial charge in [-0.1, -0.05) is 12.1 Å². The second-order valence-electron chi connectivity index (χ2n) is 7.90. The van der Waals surface area contributed by atoms with Crippen molar-refractivity contribution in [3.63, 3.8) is 0 Å². The van der Waals surface area contributed by atoms with Crippen molar-refractivity contribution in [3.05, 3.63) is 59.6 Å². The van der Waals surface area contributed by atoms with Gasteiger partial charge in [0.25, 0.3) is 0 Å². The van der Waals surface area contributed by atoms with Crippen LogP contribution in [0.25, 0.3) is 11.0 Å². The Morgan fingerprint density at radius 3 is 2.65 bits per heavy atom. The summed E-state index contributed by atoms with van der Waals surface area (Å²) in [6.07, 6.45) is 4.37. The highest BCUT2D eigenvalue weighted by Crippen LogP contribution is 2.31. The highest BCUT2D eigenvalue weighted by molar-refractivity contribution is 6.39. The Morgan fingerprint density at radius 2 is 1.87 bits per heavy atom. The van der Waals surface area contributed by atoms with Crippen molar-refractivity contribution in [1.29, 1.82) is 0 Å². The molecular weight excluding hydrogens is 399 g/mol. The third kappa shape index (κ3) is 4.55. The van der Waals surface area contributed by atoms with E-state index in [1.807, 2.05) is 6.07 Å². The first-order valence-electron chi connectivity index (χ1n) is 10.5. The number of nitrogens with one attached hydrogen (secondary N) is 2. The number of hydrogen-bond donors (Lipinski definition) is 2. The van der Waals surface area contributed by atoms with Crippen molar-refractivity contribution in [3.8, 4) is 5.75 Å². The van der Waals surface area contributed by atoms with Crippen molar-refractivity contribution < 1.29 is 23.1 Å². The number of anilines is 1. The van der Waals surface area contributed by atoms with Crippen LogP contribution in [0.3, 0.4) is 0 Å². The van der Waals surface area contributed by atoms with Gasteiger partial charge in [0.1, 0.15) is 22.9 Å². The number of amides is 2. The quantitative estimate of drug-likeness (QED) is 0.564. The van der Waals surface area contributed by atoms with Crippen molar-refractivity contribution in [2.45, 2.75) is 51.7 Å². The minimum absolute atomic E-state index is 0.132. The van der Waals surface area contributed by atoms with Crippen LogP contribution in [0.2, 0.25) is 0 Å². The Labute approximate surface area is 179 Å². The molecule has 0 spiro atoms. The minimum Gasteiger partial charge on any atom is -0.488 e. The van der Waals surface area contributed by atoms with Gasteiger partial charge in [0.05, 0.1) is 17.8 Å². The van der Waals surface area contributed by atoms with Gasteiger partial charge in [-0.15, -0.1) is 0 Å². The van der Waals surface area contributed by atoms with E-state index < -0.39 is 17.9 Å². The van der Waals surface area contributed by atoms with E-state index >= 15 is 0 Å². The number of halogens is 1. The van der Waals surface area contributed by atoms with Crippen LogP contribution >= 0.6 is 0 Å². The van der Waals surface area contributed by atoms with Crippen LogP contribution in [0.5, 0.6) is 5.75 Å². The van der Waals surface area contributed by atoms with Gasteiger partial charge in [0, 0.05) is 10.9 Å². The normalized spacial score (nSPS) is 15.1. The number of aryl methyl sites for hydroxylation is 1. The number of ether oxygens (including phenoxy) is 1. The van der Waals surface area contributed by atoms with E-state index in [4.69, 9.17) is 9.15 Å². The SMILES string of the molecule is Cc1c(C(C)NC(=O)C(=O)Nc2ccccc2OC2CCCC2)oc2ccc(F)cc12. The maximum atomic E-state index is 13.5. The van der Waals surface area contributed by atoms with Crippen LogP contribution in [0.4, 0.5) is 10.1 Å². The standard InChI is InChI=1S/C24H25FN2O4/c1-14-18-13-16(25)11-12-20(18)31-22(14)15(2)26-23(28)24(29)27-19-9-5-6-10-21(19)30-17-7-3-4-8-17/h5-6,9-13,15,17H,3-4,7-8H2,1-2H3,(H,26,28)(H,27,29). The first-order valence-corrected chi connectivity index (χ1v) is 10.5. The fraction of sp³-hybridized carbons (Fsp3) is 0.333. The molecule has 1 aliphatic rings. The number of carbonyl (C=O) groups excluding carboxylic acids is 2. The van der Waals surface area contributed by atoms with Crippen LogP contribution < -0.4 is 15.4 Å². The Bertz CT molecular complexity index is 1120. The summed E-state index contributed by atoms with van der Waals surface area (Å²) in [7, 11) is 0. The Hall–Kier alpha value is -3.35. The third-order valence-corrected chi connectivity index (χ3v) is 5.61. The van der Waals surface area contributed by atoms with Crippen LogP contribution in [0.1, 0.15) is 50.0 Å². The van der Waals surface area contributed by atoms with Gasteiger partial charge in [0.2, 0.25) is 0 Å². The lowest BCUT2D eigenvalue weighted by Crippen LogP contribution is -2.37. The molecule has 3 aromatic rings. The summed E-state index contributed by atoms with van der Waals surface area (Å²) in [6, 6.07) is 10.8. The molecule has 1 unspecified atom stereocenters. The molecule has 1 saturated carbocycles. The fourth-order valence-electron chi connectivity index (χ4n) is 3.99. The zero-order valence-electron chi connectivity index (χ0n) is 17.5. The van der Waals surface area contributed by atoms with Gasteiger partial charge in [-0.25, -0.2) is 4.39 Å². The first kappa shape index (κ1) is 20.9. The van der Waals surface area contributed by atoms with Crippen molar-refractivity contribution in [2.75, 3.05) is 5.32 Å². The molecule has 0 saturated heterocycles. The van der Waals surface area contributed by atoms with E-state index in [-0.39, 0.29) is 11.9 Å². The summed E-state index contributed by atoms with van der Waals surface area (Å²) in [5, 5.41) is 5.92. The Balaban J connectivity index is 1.43. The summed E-state index contributed by atoms with van der Waals surface area (Å²) in [5.74, 6) is -0.925. The summed E-state index contributed by atoms with van der Waals surface area (Å²) < 4.78 is 25.3. The largest absolute Gasteiger partial charge is 0.488 e. The van der Waals surface area contributed by atoms with Gasteiger partial charge >= 0.3 is 11.8 Å².